The highest BCUT2D eigenvalue weighted by atomic mass is 35.5. The van der Waals surface area contributed by atoms with Crippen LogP contribution in [-0.4, -0.2) is 78.7 Å². The Morgan fingerprint density at radius 2 is 0.611 bits per heavy atom. The van der Waals surface area contributed by atoms with Crippen LogP contribution in [0.2, 0.25) is 0 Å². The van der Waals surface area contributed by atoms with Crippen LogP contribution in [0.3, 0.4) is 0 Å². The Balaban J connectivity index is 3.94. The van der Waals surface area contributed by atoms with Crippen LogP contribution < -0.4 is 0 Å². The van der Waals surface area contributed by atoms with Crippen LogP contribution in [-0.2, 0) is 19.3 Å². The van der Waals surface area contributed by atoms with Gasteiger partial charge in [0.15, 0.2) is 0 Å². The van der Waals surface area contributed by atoms with Crippen molar-refractivity contribution in [2.75, 3.05) is 51.7 Å². The number of hydrogen-bond donors (Lipinski definition) is 0. The molecule has 7 nitrogen and oxygen atoms in total. The fraction of sp³-hybridized carbons (Fsp3) is 0.957. The molecule has 0 atom stereocenters. The average Bonchev–Trinajstić information content (AvgIpc) is 3.16. The average molecular weight is 787 g/mol. The lowest BCUT2D eigenvalue weighted by Gasteiger charge is -2.21. The molecule has 0 radical (unpaired) electrons. The number of alkyl halides is 1. The van der Waals surface area contributed by atoms with E-state index in [0.29, 0.717) is 18.7 Å². The second-order valence-electron chi connectivity index (χ2n) is 16.0. The van der Waals surface area contributed by atoms with E-state index in [2.05, 4.69) is 32.6 Å². The molecule has 0 saturated carbocycles. The molecule has 0 saturated heterocycles. The van der Waals surface area contributed by atoms with Crippen molar-refractivity contribution in [3.63, 3.8) is 0 Å². The molecule has 0 rings (SSSR count). The first-order valence-electron chi connectivity index (χ1n) is 23.7. The van der Waals surface area contributed by atoms with Crippen molar-refractivity contribution in [3.8, 4) is 0 Å². The lowest BCUT2D eigenvalue weighted by molar-refractivity contribution is -0.192. The van der Waals surface area contributed by atoms with Crippen molar-refractivity contribution < 1.29 is 19.3 Å². The smallest absolute Gasteiger partial charge is 0.325 e. The lowest BCUT2D eigenvalue weighted by atomic mass is 10.1. The topological polar surface area (TPSA) is 62.3 Å². The number of hydrogen-bond acceptors (Lipinski definition) is 7. The maximum Gasteiger partial charge on any atom is 0.325 e. The molecule has 0 fully saturated rings. The quantitative estimate of drug-likeness (QED) is 0.0346. The molecule has 54 heavy (non-hydrogen) atoms. The molecule has 8 heteroatoms. The second-order valence-corrected chi connectivity index (χ2v) is 16.4. The Morgan fingerprint density at radius 3 is 0.907 bits per heavy atom. The van der Waals surface area contributed by atoms with Crippen molar-refractivity contribution in [3.05, 3.63) is 0 Å². The van der Waals surface area contributed by atoms with Gasteiger partial charge < -0.3 is 14.6 Å². The maximum absolute atomic E-state index is 12.5. The van der Waals surface area contributed by atoms with E-state index in [1.807, 2.05) is 10.1 Å². The predicted octanol–water partition coefficient (Wildman–Crippen LogP) is 13.6. The number of nitrogens with zero attached hydrogens (tertiary/aromatic N) is 3. The summed E-state index contributed by atoms with van der Waals surface area (Å²) < 4.78 is 0. The van der Waals surface area contributed by atoms with Gasteiger partial charge in [0.25, 0.3) is 0 Å². The molecule has 0 aromatic carbocycles. The van der Waals surface area contributed by atoms with Crippen molar-refractivity contribution in [2.45, 2.75) is 233 Å². The molecule has 0 heterocycles. The van der Waals surface area contributed by atoms with Gasteiger partial charge in [0, 0.05) is 51.4 Å². The van der Waals surface area contributed by atoms with E-state index in [-0.39, 0.29) is 11.9 Å². The van der Waals surface area contributed by atoms with Crippen molar-refractivity contribution in [2.24, 2.45) is 0 Å². The molecule has 0 aromatic rings. The van der Waals surface area contributed by atoms with E-state index in [1.54, 1.807) is 0 Å². The number of hydroxylamine groups is 4. The summed E-state index contributed by atoms with van der Waals surface area (Å²) in [6, 6.07) is 0. The first-order chi connectivity index (χ1) is 26.5. The van der Waals surface area contributed by atoms with Crippen molar-refractivity contribution in [1.82, 2.24) is 15.0 Å². The number of halogens is 1. The summed E-state index contributed by atoms with van der Waals surface area (Å²) in [4.78, 5) is 39.1. The fourth-order valence-corrected chi connectivity index (χ4v) is 7.32. The third-order valence-corrected chi connectivity index (χ3v) is 10.8. The summed E-state index contributed by atoms with van der Waals surface area (Å²) in [6.45, 7) is 15.7. The summed E-state index contributed by atoms with van der Waals surface area (Å²) >= 11 is 6.14. The zero-order valence-corrected chi connectivity index (χ0v) is 37.4. The summed E-state index contributed by atoms with van der Waals surface area (Å²) in [6.07, 6.45) is 36.9. The van der Waals surface area contributed by atoms with E-state index >= 15 is 0 Å². The molecule has 0 unspecified atom stereocenters. The lowest BCUT2D eigenvalue weighted by Crippen LogP contribution is -2.29. The van der Waals surface area contributed by atoms with Gasteiger partial charge in [-0.15, -0.1) is 21.7 Å². The number of carbonyl (C=O) groups excluding carboxylic acids is 2. The van der Waals surface area contributed by atoms with Crippen LogP contribution in [0.1, 0.15) is 233 Å². The third-order valence-electron chi connectivity index (χ3n) is 10.6. The molecule has 322 valence electrons. The fourth-order valence-electron chi connectivity index (χ4n) is 7.08. The molecule has 0 aromatic heterocycles. The molecule has 0 aliphatic rings. The predicted molar refractivity (Wildman–Crippen MR) is 233 cm³/mol. The summed E-state index contributed by atoms with van der Waals surface area (Å²) in [5, 5.41) is 3.90. The van der Waals surface area contributed by atoms with Gasteiger partial charge >= 0.3 is 11.9 Å². The minimum atomic E-state index is -0.0437. The monoisotopic (exact) mass is 786 g/mol. The molecule has 0 bridgehead atoms. The van der Waals surface area contributed by atoms with Crippen LogP contribution in [0.25, 0.3) is 0 Å². The first-order valence-corrected chi connectivity index (χ1v) is 24.2. The van der Waals surface area contributed by atoms with E-state index in [9.17, 15) is 9.59 Å². The molecule has 0 N–H and O–H groups in total. The van der Waals surface area contributed by atoms with Crippen LogP contribution in [0.5, 0.6) is 0 Å². The Labute approximate surface area is 341 Å². The van der Waals surface area contributed by atoms with E-state index in [1.165, 1.54) is 141 Å². The van der Waals surface area contributed by atoms with Crippen LogP contribution in [0.4, 0.5) is 0 Å². The SMILES string of the molecule is CCCCCCN(CCCCCC)OC(=O)CCCCCCCCCN(CCCl)CCCCCCCCCC(=O)ON(CCCCCC)CCCCCC. The van der Waals surface area contributed by atoms with Gasteiger partial charge in [-0.25, -0.2) is 0 Å². The van der Waals surface area contributed by atoms with Gasteiger partial charge in [0.05, 0.1) is 0 Å². The summed E-state index contributed by atoms with van der Waals surface area (Å²) in [5.41, 5.74) is 0. The minimum Gasteiger partial charge on any atom is -0.368 e. The normalized spacial score (nSPS) is 11.7. The Morgan fingerprint density at radius 1 is 0.352 bits per heavy atom. The Kier molecular flexibility index (Phi) is 42.5. The summed E-state index contributed by atoms with van der Waals surface area (Å²) in [7, 11) is 0. The molecule has 0 spiro atoms. The van der Waals surface area contributed by atoms with Gasteiger partial charge in [-0.3, -0.25) is 9.59 Å². The highest BCUT2D eigenvalue weighted by molar-refractivity contribution is 6.18. The molecular weight excluding hydrogens is 694 g/mol. The molecular formula is C46H92ClN3O4. The number of unbranched alkanes of at least 4 members (excludes halogenated alkanes) is 24. The summed E-state index contributed by atoms with van der Waals surface area (Å²) in [5.74, 6) is 0.617. The van der Waals surface area contributed by atoms with Crippen molar-refractivity contribution >= 4 is 23.5 Å². The highest BCUT2D eigenvalue weighted by Crippen LogP contribution is 2.14. The Hall–Kier alpha value is -0.890. The zero-order valence-electron chi connectivity index (χ0n) is 36.6. The molecule has 0 aliphatic heterocycles. The number of rotatable bonds is 44. The van der Waals surface area contributed by atoms with E-state index < -0.39 is 0 Å². The minimum absolute atomic E-state index is 0.0437. The Bertz CT molecular complexity index is 705. The highest BCUT2D eigenvalue weighted by Gasteiger charge is 2.13. The van der Waals surface area contributed by atoms with E-state index in [0.717, 1.165) is 97.2 Å². The standard InChI is InChI=1S/C46H92ClN3O4/c1-5-9-13-31-40-49(41-32-14-10-6-2)53-45(51)35-27-23-19-17-21-25-29-38-48(44-37-47)39-30-26-22-18-20-24-28-36-46(52)54-50(42-33-15-11-7-3)43-34-16-12-8-4/h5-44H2,1-4H3. The van der Waals surface area contributed by atoms with Crippen LogP contribution in [0, 0.1) is 0 Å². The second kappa shape index (κ2) is 43.2. The van der Waals surface area contributed by atoms with Gasteiger partial charge in [-0.1, -0.05) is 169 Å². The van der Waals surface area contributed by atoms with Gasteiger partial charge in [-0.2, -0.15) is 0 Å². The van der Waals surface area contributed by atoms with Crippen LogP contribution in [0.15, 0.2) is 0 Å². The van der Waals surface area contributed by atoms with Crippen molar-refractivity contribution in [1.29, 1.82) is 0 Å². The van der Waals surface area contributed by atoms with Gasteiger partial charge in [-0.05, 0) is 64.5 Å². The molecule has 0 aliphatic carbocycles. The number of carbonyl (C=O) groups is 2. The first kappa shape index (κ1) is 53.1. The maximum atomic E-state index is 12.5. The van der Waals surface area contributed by atoms with Gasteiger partial charge in [0.1, 0.15) is 0 Å². The third kappa shape index (κ3) is 38.0. The van der Waals surface area contributed by atoms with Gasteiger partial charge in [0.2, 0.25) is 0 Å². The zero-order chi connectivity index (χ0) is 39.6. The van der Waals surface area contributed by atoms with Crippen LogP contribution >= 0.6 is 11.6 Å². The molecule has 0 amide bonds. The van der Waals surface area contributed by atoms with E-state index in [4.69, 9.17) is 21.3 Å². The largest absolute Gasteiger partial charge is 0.368 e.